The maximum absolute atomic E-state index is 10.8. The lowest BCUT2D eigenvalue weighted by Gasteiger charge is -2.21. The molecule has 0 bridgehead atoms. The summed E-state index contributed by atoms with van der Waals surface area (Å²) in [5.41, 5.74) is -0.318. The van der Waals surface area contributed by atoms with Gasteiger partial charge in [0.1, 0.15) is 29.5 Å². The highest BCUT2D eigenvalue weighted by molar-refractivity contribution is 5.79. The van der Waals surface area contributed by atoms with Crippen LogP contribution in [0.5, 0.6) is 0 Å². The summed E-state index contributed by atoms with van der Waals surface area (Å²) in [5.74, 6) is 3.00. The Kier molecular flexibility index (Phi) is 7.94. The number of nitrogens with zero attached hydrogens (tertiary/aromatic N) is 1. The highest BCUT2D eigenvalue weighted by Gasteiger charge is 2.27. The first-order chi connectivity index (χ1) is 12.9. The van der Waals surface area contributed by atoms with Gasteiger partial charge in [-0.1, -0.05) is 0 Å². The first-order valence-corrected chi connectivity index (χ1v) is 9.34. The summed E-state index contributed by atoms with van der Waals surface area (Å²) in [4.78, 5) is 4.52. The molecule has 1 unspecified atom stereocenters. The normalized spacial score (nSPS) is 14.2. The summed E-state index contributed by atoms with van der Waals surface area (Å²) in [5, 5.41) is 17.2. The van der Waals surface area contributed by atoms with Gasteiger partial charge in [-0.3, -0.25) is 0 Å². The third-order valence-corrected chi connectivity index (χ3v) is 4.09. The van der Waals surface area contributed by atoms with Crippen molar-refractivity contribution in [1.82, 2.24) is 10.6 Å². The first kappa shape index (κ1) is 21.1. The largest absolute Gasteiger partial charge is 0.467 e. The second-order valence-corrected chi connectivity index (χ2v) is 6.71. The van der Waals surface area contributed by atoms with E-state index in [2.05, 4.69) is 15.6 Å². The minimum absolute atomic E-state index is 0.233. The predicted octanol–water partition coefficient (Wildman–Crippen LogP) is 2.86. The van der Waals surface area contributed by atoms with Crippen LogP contribution in [0, 0.1) is 13.8 Å². The van der Waals surface area contributed by atoms with Crippen molar-refractivity contribution >= 4 is 5.96 Å². The third kappa shape index (κ3) is 6.77. The lowest BCUT2D eigenvalue weighted by atomic mass is 9.96. The van der Waals surface area contributed by atoms with Gasteiger partial charge in [0.2, 0.25) is 0 Å². The average Bonchev–Trinajstić information content (AvgIpc) is 3.25. The van der Waals surface area contributed by atoms with E-state index in [4.69, 9.17) is 13.6 Å². The van der Waals surface area contributed by atoms with Gasteiger partial charge in [0.25, 0.3) is 0 Å². The van der Waals surface area contributed by atoms with E-state index >= 15 is 0 Å². The number of hydrogen-bond donors (Lipinski definition) is 3. The maximum atomic E-state index is 10.8. The van der Waals surface area contributed by atoms with Crippen LogP contribution in [0.25, 0.3) is 0 Å². The van der Waals surface area contributed by atoms with Crippen LogP contribution in [0.15, 0.2) is 38.3 Å². The molecule has 0 amide bonds. The molecule has 0 aliphatic heterocycles. The van der Waals surface area contributed by atoms with Gasteiger partial charge in [-0.2, -0.15) is 0 Å². The summed E-state index contributed by atoms with van der Waals surface area (Å²) >= 11 is 0. The number of rotatable bonds is 10. The SMILES string of the molecule is CCNC(=NCC(C)(O)c1cc(C)oc1C)NCCCOCc1ccco1. The Morgan fingerprint density at radius 2 is 2.15 bits per heavy atom. The van der Waals surface area contributed by atoms with Crippen LogP contribution in [0.2, 0.25) is 0 Å². The van der Waals surface area contributed by atoms with Crippen LogP contribution in [0.1, 0.15) is 43.1 Å². The van der Waals surface area contributed by atoms with Crippen molar-refractivity contribution in [3.05, 3.63) is 47.3 Å². The van der Waals surface area contributed by atoms with Crippen LogP contribution in [0.3, 0.4) is 0 Å². The maximum Gasteiger partial charge on any atom is 0.191 e. The van der Waals surface area contributed by atoms with Crippen molar-refractivity contribution in [2.45, 2.75) is 46.3 Å². The fraction of sp³-hybridized carbons (Fsp3) is 0.550. The number of nitrogens with one attached hydrogen (secondary N) is 2. The molecule has 0 radical (unpaired) electrons. The molecule has 7 nitrogen and oxygen atoms in total. The van der Waals surface area contributed by atoms with Gasteiger partial charge in [0.15, 0.2) is 5.96 Å². The van der Waals surface area contributed by atoms with E-state index in [1.807, 2.05) is 39.0 Å². The molecule has 2 aromatic rings. The predicted molar refractivity (Wildman–Crippen MR) is 105 cm³/mol. The number of aryl methyl sites for hydroxylation is 2. The third-order valence-electron chi connectivity index (χ3n) is 4.09. The van der Waals surface area contributed by atoms with Crippen LogP contribution in [-0.2, 0) is 16.9 Å². The minimum Gasteiger partial charge on any atom is -0.467 e. The van der Waals surface area contributed by atoms with E-state index in [-0.39, 0.29) is 6.54 Å². The molecule has 0 aliphatic rings. The summed E-state index contributed by atoms with van der Waals surface area (Å²) in [6.45, 7) is 10.3. The van der Waals surface area contributed by atoms with Gasteiger partial charge in [-0.15, -0.1) is 0 Å². The van der Waals surface area contributed by atoms with E-state index in [0.29, 0.717) is 19.2 Å². The van der Waals surface area contributed by atoms with Crippen molar-refractivity contribution in [1.29, 1.82) is 0 Å². The fourth-order valence-electron chi connectivity index (χ4n) is 2.77. The van der Waals surface area contributed by atoms with Crippen LogP contribution >= 0.6 is 0 Å². The van der Waals surface area contributed by atoms with Crippen molar-refractivity contribution in [2.75, 3.05) is 26.2 Å². The lowest BCUT2D eigenvalue weighted by Crippen LogP contribution is -2.39. The molecule has 7 heteroatoms. The summed E-state index contributed by atoms with van der Waals surface area (Å²) < 4.78 is 16.3. The number of guanidine groups is 1. The molecule has 0 spiro atoms. The standard InChI is InChI=1S/C20H31N3O4/c1-5-21-19(22-9-7-10-25-13-17-8-6-11-26-17)23-14-20(4,24)18-12-15(2)27-16(18)3/h6,8,11-12,24H,5,7,9-10,13-14H2,1-4H3,(H2,21,22,23). The molecule has 1 atom stereocenters. The second kappa shape index (κ2) is 10.2. The van der Waals surface area contributed by atoms with E-state index in [9.17, 15) is 5.11 Å². The quantitative estimate of drug-likeness (QED) is 0.335. The monoisotopic (exact) mass is 377 g/mol. The highest BCUT2D eigenvalue weighted by atomic mass is 16.5. The molecule has 2 rings (SSSR count). The Morgan fingerprint density at radius 1 is 1.33 bits per heavy atom. The van der Waals surface area contributed by atoms with Gasteiger partial charge >= 0.3 is 0 Å². The van der Waals surface area contributed by atoms with Crippen molar-refractivity contribution in [3.63, 3.8) is 0 Å². The number of hydrogen-bond acceptors (Lipinski definition) is 5. The molecular weight excluding hydrogens is 346 g/mol. The Morgan fingerprint density at radius 3 is 2.78 bits per heavy atom. The molecule has 3 N–H and O–H groups in total. The zero-order valence-electron chi connectivity index (χ0n) is 16.7. The molecule has 0 saturated heterocycles. The Balaban J connectivity index is 1.78. The van der Waals surface area contributed by atoms with E-state index in [0.717, 1.165) is 42.4 Å². The fourth-order valence-corrected chi connectivity index (χ4v) is 2.77. The number of aliphatic imine (C=N–C) groups is 1. The molecule has 0 aliphatic carbocycles. The zero-order chi connectivity index (χ0) is 19.7. The molecule has 0 saturated carbocycles. The minimum atomic E-state index is -1.09. The van der Waals surface area contributed by atoms with Crippen LogP contribution in [-0.4, -0.2) is 37.3 Å². The summed E-state index contributed by atoms with van der Waals surface area (Å²) in [6, 6.07) is 5.60. The average molecular weight is 377 g/mol. The first-order valence-electron chi connectivity index (χ1n) is 9.34. The zero-order valence-corrected chi connectivity index (χ0v) is 16.7. The molecular formula is C20H31N3O4. The van der Waals surface area contributed by atoms with E-state index < -0.39 is 5.60 Å². The highest BCUT2D eigenvalue weighted by Crippen LogP contribution is 2.27. The lowest BCUT2D eigenvalue weighted by molar-refractivity contribution is 0.0656. The van der Waals surface area contributed by atoms with Gasteiger partial charge in [-0.25, -0.2) is 4.99 Å². The van der Waals surface area contributed by atoms with E-state index in [1.165, 1.54) is 0 Å². The van der Waals surface area contributed by atoms with Crippen molar-refractivity contribution < 1.29 is 18.7 Å². The van der Waals surface area contributed by atoms with E-state index in [1.54, 1.807) is 13.2 Å². The number of aliphatic hydroxyl groups is 1. The number of ether oxygens (including phenoxy) is 1. The van der Waals surface area contributed by atoms with Gasteiger partial charge in [0, 0.05) is 25.3 Å². The second-order valence-electron chi connectivity index (χ2n) is 6.71. The smallest absolute Gasteiger partial charge is 0.191 e. The number of furan rings is 2. The molecule has 150 valence electrons. The topological polar surface area (TPSA) is 92.2 Å². The molecule has 2 heterocycles. The van der Waals surface area contributed by atoms with Crippen LogP contribution in [0.4, 0.5) is 0 Å². The molecule has 2 aromatic heterocycles. The summed E-state index contributed by atoms with van der Waals surface area (Å²) in [6.07, 6.45) is 2.47. The van der Waals surface area contributed by atoms with Gasteiger partial charge in [0.05, 0.1) is 12.8 Å². The van der Waals surface area contributed by atoms with Crippen molar-refractivity contribution in [3.8, 4) is 0 Å². The summed E-state index contributed by atoms with van der Waals surface area (Å²) in [7, 11) is 0. The molecule has 0 fully saturated rings. The van der Waals surface area contributed by atoms with Crippen LogP contribution < -0.4 is 10.6 Å². The molecule has 0 aromatic carbocycles. The Hall–Kier alpha value is -2.25. The van der Waals surface area contributed by atoms with Gasteiger partial charge in [-0.05, 0) is 52.3 Å². The Labute approximate surface area is 160 Å². The Bertz CT molecular complexity index is 705. The van der Waals surface area contributed by atoms with Crippen molar-refractivity contribution in [2.24, 2.45) is 4.99 Å². The molecule has 27 heavy (non-hydrogen) atoms. The van der Waals surface area contributed by atoms with Gasteiger partial charge < -0.3 is 29.3 Å².